The summed E-state index contributed by atoms with van der Waals surface area (Å²) in [6.07, 6.45) is 6.76. The summed E-state index contributed by atoms with van der Waals surface area (Å²) < 4.78 is 5.34. The monoisotopic (exact) mass is 296 g/mol. The van der Waals surface area contributed by atoms with E-state index in [-0.39, 0.29) is 0 Å². The lowest BCUT2D eigenvalue weighted by molar-refractivity contribution is 0.400. The predicted molar refractivity (Wildman–Crippen MR) is 85.5 cm³/mol. The third-order valence-electron chi connectivity index (χ3n) is 3.12. The quantitative estimate of drug-likeness (QED) is 0.590. The van der Waals surface area contributed by atoms with E-state index < -0.39 is 0 Å². The van der Waals surface area contributed by atoms with Crippen molar-refractivity contribution in [3.8, 4) is 17.0 Å². The van der Waals surface area contributed by atoms with E-state index in [2.05, 4.69) is 24.9 Å². The Hall–Kier alpha value is -2.96. The minimum atomic E-state index is 0.551. The number of aromatic nitrogens is 4. The van der Waals surface area contributed by atoms with Crippen LogP contribution in [0.5, 0.6) is 5.88 Å². The molecule has 0 atom stereocenters. The van der Waals surface area contributed by atoms with Gasteiger partial charge in [-0.15, -0.1) is 0 Å². The summed E-state index contributed by atoms with van der Waals surface area (Å²) in [5.41, 5.74) is 2.50. The predicted octanol–water partition coefficient (Wildman–Crippen LogP) is 2.25. The Morgan fingerprint density at radius 2 is 2.09 bits per heavy atom. The minimum Gasteiger partial charge on any atom is -0.481 e. The van der Waals surface area contributed by atoms with Gasteiger partial charge in [-0.05, 0) is 12.1 Å². The van der Waals surface area contributed by atoms with Crippen LogP contribution >= 0.6 is 0 Å². The molecule has 0 aromatic carbocycles. The number of nitrogens with zero attached hydrogens (tertiary/aromatic N) is 5. The Kier molecular flexibility index (Phi) is 3.69. The Morgan fingerprint density at radius 1 is 1.23 bits per heavy atom. The summed E-state index contributed by atoms with van der Waals surface area (Å²) in [5.74, 6) is 1.15. The van der Waals surface area contributed by atoms with Crippen molar-refractivity contribution in [2.75, 3.05) is 21.2 Å². The maximum absolute atomic E-state index is 5.34. The summed E-state index contributed by atoms with van der Waals surface area (Å²) in [6.45, 7) is 0. The second-order valence-corrected chi connectivity index (χ2v) is 4.89. The number of nitrogens with one attached hydrogen (secondary N) is 1. The van der Waals surface area contributed by atoms with Gasteiger partial charge in [-0.2, -0.15) is 0 Å². The van der Waals surface area contributed by atoms with Crippen LogP contribution in [0, 0.1) is 0 Å². The van der Waals surface area contributed by atoms with Crippen LogP contribution < -0.4 is 4.74 Å². The van der Waals surface area contributed by atoms with E-state index in [4.69, 9.17) is 4.74 Å². The molecule has 7 nitrogen and oxygen atoms in total. The molecule has 3 aromatic heterocycles. The molecule has 0 unspecified atom stereocenters. The Bertz CT molecular complexity index is 824. The summed E-state index contributed by atoms with van der Waals surface area (Å²) in [5, 5.41) is 0.840. The van der Waals surface area contributed by atoms with E-state index >= 15 is 0 Å². The van der Waals surface area contributed by atoms with Gasteiger partial charge < -0.3 is 14.6 Å². The number of ether oxygens (including phenoxy) is 1. The van der Waals surface area contributed by atoms with Crippen LogP contribution in [0.25, 0.3) is 22.2 Å². The molecule has 3 rings (SSSR count). The van der Waals surface area contributed by atoms with Crippen molar-refractivity contribution in [3.63, 3.8) is 0 Å². The highest BCUT2D eigenvalue weighted by molar-refractivity contribution is 6.01. The fourth-order valence-electron chi connectivity index (χ4n) is 2.19. The van der Waals surface area contributed by atoms with Crippen LogP contribution in [-0.4, -0.2) is 52.4 Å². The van der Waals surface area contributed by atoms with Crippen LogP contribution in [0.4, 0.5) is 5.82 Å². The average molecular weight is 296 g/mol. The second-order valence-electron chi connectivity index (χ2n) is 4.89. The lowest BCUT2D eigenvalue weighted by Gasteiger charge is -2.07. The molecule has 3 heterocycles. The van der Waals surface area contributed by atoms with Gasteiger partial charge in [0.15, 0.2) is 5.82 Å². The van der Waals surface area contributed by atoms with Gasteiger partial charge in [0.05, 0.1) is 18.8 Å². The molecule has 7 heteroatoms. The fourth-order valence-corrected chi connectivity index (χ4v) is 2.19. The molecular weight excluding hydrogens is 280 g/mol. The first-order valence-corrected chi connectivity index (χ1v) is 6.72. The third-order valence-corrected chi connectivity index (χ3v) is 3.12. The molecular formula is C15H16N6O. The molecule has 0 radical (unpaired) electrons. The summed E-state index contributed by atoms with van der Waals surface area (Å²) in [7, 11) is 5.41. The van der Waals surface area contributed by atoms with E-state index in [9.17, 15) is 0 Å². The molecule has 112 valence electrons. The Morgan fingerprint density at radius 3 is 2.86 bits per heavy atom. The maximum atomic E-state index is 5.34. The molecule has 0 fully saturated rings. The highest BCUT2D eigenvalue weighted by Gasteiger charge is 2.15. The van der Waals surface area contributed by atoms with Gasteiger partial charge in [-0.25, -0.2) is 19.9 Å². The SMILES string of the molecule is COc1ncccc1-c1c[nH]c2ncnc(/N=C/N(C)C)c12. The van der Waals surface area contributed by atoms with E-state index in [0.717, 1.165) is 22.2 Å². The number of fused-ring (bicyclic) bond motifs is 1. The molecule has 22 heavy (non-hydrogen) atoms. The van der Waals surface area contributed by atoms with Gasteiger partial charge in [0.2, 0.25) is 5.88 Å². The summed E-state index contributed by atoms with van der Waals surface area (Å²) in [6, 6.07) is 3.81. The fraction of sp³-hybridized carbons (Fsp3) is 0.200. The van der Waals surface area contributed by atoms with Crippen molar-refractivity contribution < 1.29 is 4.74 Å². The molecule has 0 bridgehead atoms. The number of hydrogen-bond acceptors (Lipinski definition) is 5. The molecule has 0 amide bonds. The standard InChI is InChI=1S/C15H16N6O/c1-21(2)9-20-14-12-11(7-17-13(12)18-8-19-14)10-5-4-6-16-15(10)22-3/h4-9H,1-3H3,(H,17,18,19)/b20-9+. The number of pyridine rings is 1. The molecule has 0 spiro atoms. The van der Waals surface area contributed by atoms with Gasteiger partial charge >= 0.3 is 0 Å². The molecule has 0 aliphatic heterocycles. The number of rotatable bonds is 4. The first kappa shape index (κ1) is 14.0. The molecule has 0 saturated heterocycles. The zero-order chi connectivity index (χ0) is 15.5. The van der Waals surface area contributed by atoms with Crippen molar-refractivity contribution in [1.82, 2.24) is 24.8 Å². The van der Waals surface area contributed by atoms with Gasteiger partial charge in [-0.1, -0.05) is 0 Å². The van der Waals surface area contributed by atoms with E-state index in [1.165, 1.54) is 6.33 Å². The van der Waals surface area contributed by atoms with E-state index in [0.29, 0.717) is 11.7 Å². The van der Waals surface area contributed by atoms with Crippen molar-refractivity contribution in [3.05, 3.63) is 30.9 Å². The second kappa shape index (κ2) is 5.80. The molecule has 0 aliphatic rings. The van der Waals surface area contributed by atoms with Crippen molar-refractivity contribution >= 4 is 23.2 Å². The Labute approximate surface area is 127 Å². The third kappa shape index (κ3) is 2.48. The van der Waals surface area contributed by atoms with Crippen LogP contribution in [0.15, 0.2) is 35.8 Å². The minimum absolute atomic E-state index is 0.551. The number of H-pyrrole nitrogens is 1. The van der Waals surface area contributed by atoms with Gasteiger partial charge in [-0.3, -0.25) is 0 Å². The van der Waals surface area contributed by atoms with Gasteiger partial charge in [0, 0.05) is 37.6 Å². The van der Waals surface area contributed by atoms with Crippen LogP contribution in [-0.2, 0) is 0 Å². The van der Waals surface area contributed by atoms with Gasteiger partial charge in [0.1, 0.15) is 12.0 Å². The van der Waals surface area contributed by atoms with Crippen LogP contribution in [0.2, 0.25) is 0 Å². The highest BCUT2D eigenvalue weighted by Crippen LogP contribution is 2.36. The number of hydrogen-bond donors (Lipinski definition) is 1. The topological polar surface area (TPSA) is 79.3 Å². The first-order chi connectivity index (χ1) is 10.7. The lowest BCUT2D eigenvalue weighted by Crippen LogP contribution is -2.07. The normalized spacial score (nSPS) is 11.2. The van der Waals surface area contributed by atoms with Crippen molar-refractivity contribution in [2.24, 2.45) is 4.99 Å². The zero-order valence-corrected chi connectivity index (χ0v) is 12.6. The lowest BCUT2D eigenvalue weighted by atomic mass is 10.1. The highest BCUT2D eigenvalue weighted by atomic mass is 16.5. The van der Waals surface area contributed by atoms with Crippen LogP contribution in [0.3, 0.4) is 0 Å². The van der Waals surface area contributed by atoms with Crippen molar-refractivity contribution in [1.29, 1.82) is 0 Å². The first-order valence-electron chi connectivity index (χ1n) is 6.72. The number of aromatic amines is 1. The summed E-state index contributed by atoms with van der Waals surface area (Å²) >= 11 is 0. The number of methoxy groups -OCH3 is 1. The zero-order valence-electron chi connectivity index (χ0n) is 12.6. The van der Waals surface area contributed by atoms with Crippen LogP contribution in [0.1, 0.15) is 0 Å². The molecule has 1 N–H and O–H groups in total. The van der Waals surface area contributed by atoms with E-state index in [1.54, 1.807) is 19.6 Å². The largest absolute Gasteiger partial charge is 0.481 e. The Balaban J connectivity index is 2.23. The smallest absolute Gasteiger partial charge is 0.221 e. The van der Waals surface area contributed by atoms with E-state index in [1.807, 2.05) is 37.3 Å². The maximum Gasteiger partial charge on any atom is 0.221 e. The van der Waals surface area contributed by atoms with Crippen molar-refractivity contribution in [2.45, 2.75) is 0 Å². The summed E-state index contributed by atoms with van der Waals surface area (Å²) in [4.78, 5) is 22.2. The van der Waals surface area contributed by atoms with Gasteiger partial charge in [0.25, 0.3) is 0 Å². The molecule has 0 aliphatic carbocycles. The molecule has 3 aromatic rings. The number of aliphatic imine (C=N–C) groups is 1. The molecule has 0 saturated carbocycles. The average Bonchev–Trinajstić information content (AvgIpc) is 2.97.